The summed E-state index contributed by atoms with van der Waals surface area (Å²) in [5.74, 6) is 0.716. The molecular weight excluding hydrogens is 417 g/mol. The fourth-order valence-electron chi connectivity index (χ4n) is 2.59. The molecule has 3 rings (SSSR count). The molecule has 146 valence electrons. The van der Waals surface area contributed by atoms with Crippen molar-refractivity contribution in [3.05, 3.63) is 68.5 Å². The molecule has 1 aliphatic rings. The molecule has 0 unspecified atom stereocenters. The fourth-order valence-corrected chi connectivity index (χ4v) is 3.88. The molecule has 1 heterocycles. The predicted molar refractivity (Wildman–Crippen MR) is 115 cm³/mol. The minimum atomic E-state index is -0.348. The molecule has 0 bridgehead atoms. The van der Waals surface area contributed by atoms with E-state index in [1.54, 1.807) is 24.3 Å². The highest BCUT2D eigenvalue weighted by molar-refractivity contribution is 8.18. The van der Waals surface area contributed by atoms with Crippen LogP contribution < -0.4 is 4.74 Å². The maximum absolute atomic E-state index is 12.8. The number of hydrogen-bond donors (Lipinski definition) is 0. The minimum absolute atomic E-state index is 0.101. The highest BCUT2D eigenvalue weighted by Gasteiger charge is 2.35. The van der Waals surface area contributed by atoms with E-state index in [2.05, 4.69) is 13.8 Å². The Morgan fingerprint density at radius 1 is 1.14 bits per heavy atom. The summed E-state index contributed by atoms with van der Waals surface area (Å²) in [7, 11) is 0. The van der Waals surface area contributed by atoms with Crippen LogP contribution in [0, 0.1) is 5.92 Å². The standard InChI is InChI=1S/C21H19Cl2NO3S/c1-13(2)12-27-18-6-4-3-5-14(18)9-19-20(25)24(21(26)28-19)11-15-7-8-16(22)10-17(15)23/h3-10,13H,11-12H2,1-2H3/b19-9+. The summed E-state index contributed by atoms with van der Waals surface area (Å²) in [6.07, 6.45) is 1.70. The summed E-state index contributed by atoms with van der Waals surface area (Å²) in [5, 5.41) is 0.589. The molecule has 2 aromatic carbocycles. The maximum Gasteiger partial charge on any atom is 0.293 e. The first-order valence-electron chi connectivity index (χ1n) is 8.76. The molecule has 1 aliphatic heterocycles. The quantitative estimate of drug-likeness (QED) is 0.501. The van der Waals surface area contributed by atoms with E-state index in [0.717, 1.165) is 17.3 Å². The van der Waals surface area contributed by atoms with E-state index in [1.807, 2.05) is 24.3 Å². The van der Waals surface area contributed by atoms with Crippen molar-refractivity contribution < 1.29 is 14.3 Å². The average Bonchev–Trinajstić information content (AvgIpc) is 2.90. The molecule has 0 aliphatic carbocycles. The molecule has 1 fully saturated rings. The number of hydrogen-bond acceptors (Lipinski definition) is 4. The summed E-state index contributed by atoms with van der Waals surface area (Å²) in [6.45, 7) is 4.80. The van der Waals surface area contributed by atoms with Crippen LogP contribution in [0.15, 0.2) is 47.4 Å². The monoisotopic (exact) mass is 435 g/mol. The van der Waals surface area contributed by atoms with E-state index in [-0.39, 0.29) is 17.7 Å². The number of benzene rings is 2. The van der Waals surface area contributed by atoms with Gasteiger partial charge in [-0.3, -0.25) is 14.5 Å². The second kappa shape index (κ2) is 9.03. The van der Waals surface area contributed by atoms with Crippen molar-refractivity contribution in [2.24, 2.45) is 5.92 Å². The van der Waals surface area contributed by atoms with Gasteiger partial charge in [0.15, 0.2) is 0 Å². The van der Waals surface area contributed by atoms with Crippen LogP contribution in [0.5, 0.6) is 5.75 Å². The molecule has 28 heavy (non-hydrogen) atoms. The molecule has 0 saturated carbocycles. The summed E-state index contributed by atoms with van der Waals surface area (Å²) < 4.78 is 5.83. The van der Waals surface area contributed by atoms with Crippen molar-refractivity contribution in [2.75, 3.05) is 6.61 Å². The largest absolute Gasteiger partial charge is 0.493 e. The van der Waals surface area contributed by atoms with Gasteiger partial charge in [-0.05, 0) is 47.5 Å². The normalized spacial score (nSPS) is 15.8. The van der Waals surface area contributed by atoms with Gasteiger partial charge in [-0.1, -0.05) is 61.3 Å². The van der Waals surface area contributed by atoms with Crippen LogP contribution in [0.1, 0.15) is 25.0 Å². The van der Waals surface area contributed by atoms with E-state index >= 15 is 0 Å². The van der Waals surface area contributed by atoms with Crippen LogP contribution in [0.3, 0.4) is 0 Å². The highest BCUT2D eigenvalue weighted by atomic mass is 35.5. The Morgan fingerprint density at radius 3 is 2.61 bits per heavy atom. The molecule has 0 radical (unpaired) electrons. The number of carbonyl (C=O) groups excluding carboxylic acids is 2. The van der Waals surface area contributed by atoms with E-state index in [4.69, 9.17) is 27.9 Å². The predicted octanol–water partition coefficient (Wildman–Crippen LogP) is 6.26. The lowest BCUT2D eigenvalue weighted by Gasteiger charge is -2.14. The third-order valence-corrected chi connectivity index (χ3v) is 5.49. The van der Waals surface area contributed by atoms with Gasteiger partial charge in [-0.25, -0.2) is 0 Å². The van der Waals surface area contributed by atoms with Gasteiger partial charge in [0.25, 0.3) is 11.1 Å². The van der Waals surface area contributed by atoms with Gasteiger partial charge in [0.05, 0.1) is 18.1 Å². The van der Waals surface area contributed by atoms with Gasteiger partial charge in [-0.15, -0.1) is 0 Å². The minimum Gasteiger partial charge on any atom is -0.493 e. The number of thioether (sulfide) groups is 1. The van der Waals surface area contributed by atoms with Crippen molar-refractivity contribution in [3.8, 4) is 5.75 Å². The topological polar surface area (TPSA) is 46.6 Å². The molecular formula is C21H19Cl2NO3S. The van der Waals surface area contributed by atoms with Gasteiger partial charge in [0.1, 0.15) is 5.75 Å². The van der Waals surface area contributed by atoms with Gasteiger partial charge < -0.3 is 4.74 Å². The number of nitrogens with zero attached hydrogens (tertiary/aromatic N) is 1. The van der Waals surface area contributed by atoms with E-state index < -0.39 is 0 Å². The third kappa shape index (κ3) is 4.90. The van der Waals surface area contributed by atoms with Crippen molar-refractivity contribution >= 4 is 52.2 Å². The van der Waals surface area contributed by atoms with E-state index in [9.17, 15) is 9.59 Å². The molecule has 0 aromatic heterocycles. The summed E-state index contributed by atoms with van der Waals surface area (Å²) in [6, 6.07) is 12.4. The zero-order valence-corrected chi connectivity index (χ0v) is 17.8. The van der Waals surface area contributed by atoms with Crippen LogP contribution in [-0.4, -0.2) is 22.7 Å². The molecule has 0 atom stereocenters. The van der Waals surface area contributed by atoms with Crippen molar-refractivity contribution in [1.82, 2.24) is 4.90 Å². The molecule has 0 N–H and O–H groups in total. The van der Waals surface area contributed by atoms with Crippen molar-refractivity contribution in [2.45, 2.75) is 20.4 Å². The first-order valence-corrected chi connectivity index (χ1v) is 10.3. The van der Waals surface area contributed by atoms with Crippen LogP contribution in [-0.2, 0) is 11.3 Å². The molecule has 2 amide bonds. The first kappa shape index (κ1) is 20.8. The lowest BCUT2D eigenvalue weighted by Crippen LogP contribution is -2.27. The number of para-hydroxylation sites is 1. The van der Waals surface area contributed by atoms with Crippen LogP contribution >= 0.6 is 35.0 Å². The smallest absolute Gasteiger partial charge is 0.293 e. The summed E-state index contributed by atoms with van der Waals surface area (Å²) in [5.41, 5.74) is 1.42. The van der Waals surface area contributed by atoms with Gasteiger partial charge in [0, 0.05) is 15.6 Å². The van der Waals surface area contributed by atoms with Crippen LogP contribution in [0.2, 0.25) is 10.0 Å². The molecule has 2 aromatic rings. The third-order valence-electron chi connectivity index (χ3n) is 3.99. The lowest BCUT2D eigenvalue weighted by atomic mass is 10.1. The van der Waals surface area contributed by atoms with E-state index in [1.165, 1.54) is 4.90 Å². The molecule has 1 saturated heterocycles. The highest BCUT2D eigenvalue weighted by Crippen LogP contribution is 2.35. The van der Waals surface area contributed by atoms with Gasteiger partial charge >= 0.3 is 0 Å². The molecule has 4 nitrogen and oxygen atoms in total. The second-order valence-electron chi connectivity index (χ2n) is 6.75. The number of amides is 2. The number of imide groups is 1. The Hall–Kier alpha value is -1.95. The average molecular weight is 436 g/mol. The SMILES string of the molecule is CC(C)COc1ccccc1/C=C1/SC(=O)N(Cc2ccc(Cl)cc2Cl)C1=O. The number of carbonyl (C=O) groups is 2. The Kier molecular flexibility index (Phi) is 6.70. The summed E-state index contributed by atoms with van der Waals surface area (Å²) >= 11 is 13.0. The maximum atomic E-state index is 12.8. The zero-order chi connectivity index (χ0) is 20.3. The Balaban J connectivity index is 1.82. The van der Waals surface area contributed by atoms with Crippen LogP contribution in [0.25, 0.3) is 6.08 Å². The Morgan fingerprint density at radius 2 is 1.89 bits per heavy atom. The number of halogens is 2. The number of ether oxygens (including phenoxy) is 1. The van der Waals surface area contributed by atoms with E-state index in [0.29, 0.717) is 38.8 Å². The molecule has 7 heteroatoms. The molecule has 0 spiro atoms. The van der Waals surface area contributed by atoms with Crippen molar-refractivity contribution in [1.29, 1.82) is 0 Å². The van der Waals surface area contributed by atoms with Gasteiger partial charge in [-0.2, -0.15) is 0 Å². The fraction of sp³-hybridized carbons (Fsp3) is 0.238. The first-order chi connectivity index (χ1) is 13.3. The second-order valence-corrected chi connectivity index (χ2v) is 8.58. The summed E-state index contributed by atoms with van der Waals surface area (Å²) in [4.78, 5) is 26.7. The Bertz CT molecular complexity index is 943. The van der Waals surface area contributed by atoms with Crippen molar-refractivity contribution in [3.63, 3.8) is 0 Å². The van der Waals surface area contributed by atoms with Gasteiger partial charge in [0.2, 0.25) is 0 Å². The van der Waals surface area contributed by atoms with Crippen LogP contribution in [0.4, 0.5) is 4.79 Å². The Labute approximate surface area is 178 Å². The number of rotatable bonds is 6. The zero-order valence-electron chi connectivity index (χ0n) is 15.4. The lowest BCUT2D eigenvalue weighted by molar-refractivity contribution is -0.123.